The Hall–Kier alpha value is -2.47. The molecule has 2 amide bonds. The van der Waals surface area contributed by atoms with Crippen molar-refractivity contribution in [2.24, 2.45) is 0 Å². The average Bonchev–Trinajstić information content (AvgIpc) is 2.91. The number of hydrogen-bond donors (Lipinski definition) is 1. The molecule has 3 rings (SSSR count). The Morgan fingerprint density at radius 2 is 1.51 bits per heavy atom. The Morgan fingerprint density at radius 3 is 2.14 bits per heavy atom. The highest BCUT2D eigenvalue weighted by Crippen LogP contribution is 2.23. The largest absolute Gasteiger partial charge is 0.352 e. The van der Waals surface area contributed by atoms with Gasteiger partial charge in [0.25, 0.3) is 0 Å². The molecule has 2 atom stereocenters. The van der Waals surface area contributed by atoms with Crippen molar-refractivity contribution >= 4 is 46.8 Å². The molecule has 1 N–H and O–H groups in total. The molecular weight excluding hydrogens is 523 g/mol. The predicted molar refractivity (Wildman–Crippen MR) is 155 cm³/mol. The Bertz CT molecular complexity index is 1120. The molecule has 0 heterocycles. The molecule has 0 saturated carbocycles. The standard InChI is InChI=1S/C30H34Cl2N2O2S/c1-3-22(2)33-30(36)28(20-23-8-5-4-6-9-23)34(21-24-11-13-25(31)14-12-24)29(35)10-7-19-37-27-17-15-26(32)16-18-27/h4-6,8-9,11-18,22,28H,3,7,10,19-21H2,1-2H3,(H,33,36). The van der Waals surface area contributed by atoms with Crippen molar-refractivity contribution in [2.75, 3.05) is 5.75 Å². The normalized spacial score (nSPS) is 12.5. The molecule has 0 saturated heterocycles. The van der Waals surface area contributed by atoms with Gasteiger partial charge in [0.05, 0.1) is 0 Å². The van der Waals surface area contributed by atoms with Gasteiger partial charge < -0.3 is 10.2 Å². The maximum atomic E-state index is 13.7. The summed E-state index contributed by atoms with van der Waals surface area (Å²) in [6.07, 6.45) is 2.32. The van der Waals surface area contributed by atoms with Gasteiger partial charge in [-0.2, -0.15) is 0 Å². The van der Waals surface area contributed by atoms with Crippen LogP contribution in [0.2, 0.25) is 10.0 Å². The number of thioether (sulfide) groups is 1. The van der Waals surface area contributed by atoms with Crippen molar-refractivity contribution in [3.05, 3.63) is 100 Å². The molecule has 0 spiro atoms. The van der Waals surface area contributed by atoms with E-state index in [0.29, 0.717) is 35.9 Å². The summed E-state index contributed by atoms with van der Waals surface area (Å²) >= 11 is 13.8. The smallest absolute Gasteiger partial charge is 0.243 e. The molecule has 0 aliphatic heterocycles. The molecule has 0 aromatic heterocycles. The van der Waals surface area contributed by atoms with Crippen LogP contribution in [0.5, 0.6) is 0 Å². The van der Waals surface area contributed by atoms with Crippen molar-refractivity contribution < 1.29 is 9.59 Å². The number of carbonyl (C=O) groups excluding carboxylic acids is 2. The first-order valence-electron chi connectivity index (χ1n) is 12.6. The van der Waals surface area contributed by atoms with E-state index in [1.165, 1.54) is 0 Å². The zero-order valence-electron chi connectivity index (χ0n) is 21.3. The van der Waals surface area contributed by atoms with Gasteiger partial charge in [0, 0.05) is 40.4 Å². The lowest BCUT2D eigenvalue weighted by Crippen LogP contribution is -2.52. The second-order valence-electron chi connectivity index (χ2n) is 9.08. The van der Waals surface area contributed by atoms with Crippen LogP contribution in [0.4, 0.5) is 0 Å². The maximum Gasteiger partial charge on any atom is 0.243 e. The van der Waals surface area contributed by atoms with Gasteiger partial charge >= 0.3 is 0 Å². The third-order valence-electron chi connectivity index (χ3n) is 6.16. The molecule has 7 heteroatoms. The molecule has 196 valence electrons. The van der Waals surface area contributed by atoms with Gasteiger partial charge in [-0.3, -0.25) is 9.59 Å². The van der Waals surface area contributed by atoms with Gasteiger partial charge in [-0.05, 0) is 73.0 Å². The van der Waals surface area contributed by atoms with Gasteiger partial charge in [0.2, 0.25) is 11.8 Å². The summed E-state index contributed by atoms with van der Waals surface area (Å²) < 4.78 is 0. The Labute approximate surface area is 234 Å². The van der Waals surface area contributed by atoms with E-state index >= 15 is 0 Å². The SMILES string of the molecule is CCC(C)NC(=O)C(Cc1ccccc1)N(Cc1ccc(Cl)cc1)C(=O)CCCSc1ccc(Cl)cc1. The van der Waals surface area contributed by atoms with Gasteiger partial charge in [-0.1, -0.05) is 72.6 Å². The molecule has 4 nitrogen and oxygen atoms in total. The van der Waals surface area contributed by atoms with E-state index in [1.54, 1.807) is 16.7 Å². The number of carbonyl (C=O) groups is 2. The summed E-state index contributed by atoms with van der Waals surface area (Å²) in [6, 6.07) is 24.4. The predicted octanol–water partition coefficient (Wildman–Crippen LogP) is 7.42. The molecule has 0 aliphatic rings. The molecule has 0 fully saturated rings. The third-order valence-corrected chi connectivity index (χ3v) is 7.76. The number of rotatable bonds is 13. The lowest BCUT2D eigenvalue weighted by atomic mass is 10.0. The van der Waals surface area contributed by atoms with E-state index in [4.69, 9.17) is 23.2 Å². The summed E-state index contributed by atoms with van der Waals surface area (Å²) in [5.74, 6) is 0.632. The first-order valence-corrected chi connectivity index (χ1v) is 14.4. The van der Waals surface area contributed by atoms with Gasteiger partial charge in [0.1, 0.15) is 6.04 Å². The van der Waals surface area contributed by atoms with E-state index in [1.807, 2.05) is 92.7 Å². The molecule has 3 aromatic rings. The fourth-order valence-corrected chi connectivity index (χ4v) is 4.97. The van der Waals surface area contributed by atoms with E-state index in [2.05, 4.69) is 5.32 Å². The van der Waals surface area contributed by atoms with Crippen LogP contribution < -0.4 is 5.32 Å². The van der Waals surface area contributed by atoms with E-state index in [0.717, 1.165) is 28.2 Å². The van der Waals surface area contributed by atoms with Crippen LogP contribution >= 0.6 is 35.0 Å². The van der Waals surface area contributed by atoms with Crippen molar-refractivity contribution in [1.82, 2.24) is 10.2 Å². The Morgan fingerprint density at radius 1 is 0.892 bits per heavy atom. The van der Waals surface area contributed by atoms with E-state index in [9.17, 15) is 9.59 Å². The molecule has 0 radical (unpaired) electrons. The minimum absolute atomic E-state index is 0.0223. The highest BCUT2D eigenvalue weighted by molar-refractivity contribution is 7.99. The van der Waals surface area contributed by atoms with Crippen LogP contribution in [0.3, 0.4) is 0 Å². The summed E-state index contributed by atoms with van der Waals surface area (Å²) in [6.45, 7) is 4.36. The second kappa shape index (κ2) is 15.1. The number of nitrogens with zero attached hydrogens (tertiary/aromatic N) is 1. The zero-order valence-corrected chi connectivity index (χ0v) is 23.7. The Balaban J connectivity index is 1.78. The monoisotopic (exact) mass is 556 g/mol. The fourth-order valence-electron chi connectivity index (χ4n) is 3.87. The third kappa shape index (κ3) is 9.73. The minimum atomic E-state index is -0.622. The minimum Gasteiger partial charge on any atom is -0.352 e. The number of amides is 2. The summed E-state index contributed by atoms with van der Waals surface area (Å²) in [5, 5.41) is 4.45. The van der Waals surface area contributed by atoms with Gasteiger partial charge in [-0.25, -0.2) is 0 Å². The van der Waals surface area contributed by atoms with Crippen molar-refractivity contribution in [3.8, 4) is 0 Å². The molecule has 37 heavy (non-hydrogen) atoms. The van der Waals surface area contributed by atoms with Crippen molar-refractivity contribution in [3.63, 3.8) is 0 Å². The molecule has 2 unspecified atom stereocenters. The lowest BCUT2D eigenvalue weighted by Gasteiger charge is -2.32. The highest BCUT2D eigenvalue weighted by atomic mass is 35.5. The number of hydrogen-bond acceptors (Lipinski definition) is 3. The number of halogens is 2. The first-order chi connectivity index (χ1) is 17.9. The van der Waals surface area contributed by atoms with Crippen LogP contribution in [-0.2, 0) is 22.6 Å². The molecule has 3 aromatic carbocycles. The zero-order chi connectivity index (χ0) is 26.6. The summed E-state index contributed by atoms with van der Waals surface area (Å²) in [7, 11) is 0. The summed E-state index contributed by atoms with van der Waals surface area (Å²) in [4.78, 5) is 30.0. The quantitative estimate of drug-likeness (QED) is 0.176. The molecule has 0 bridgehead atoms. The number of nitrogens with one attached hydrogen (secondary N) is 1. The Kier molecular flexibility index (Phi) is 11.8. The summed E-state index contributed by atoms with van der Waals surface area (Å²) in [5.41, 5.74) is 1.95. The van der Waals surface area contributed by atoms with Crippen LogP contribution in [0.15, 0.2) is 83.8 Å². The van der Waals surface area contributed by atoms with Crippen LogP contribution in [0.1, 0.15) is 44.2 Å². The van der Waals surface area contributed by atoms with Gasteiger partial charge in [0.15, 0.2) is 0 Å². The highest BCUT2D eigenvalue weighted by Gasteiger charge is 2.30. The number of benzene rings is 3. The first kappa shape index (κ1) is 29.1. The van der Waals surface area contributed by atoms with E-state index < -0.39 is 6.04 Å². The molecular formula is C30H34Cl2N2O2S. The molecule has 0 aliphatic carbocycles. The maximum absolute atomic E-state index is 13.7. The lowest BCUT2D eigenvalue weighted by molar-refractivity contribution is -0.141. The van der Waals surface area contributed by atoms with Gasteiger partial charge in [-0.15, -0.1) is 11.8 Å². The van der Waals surface area contributed by atoms with Crippen LogP contribution in [0.25, 0.3) is 0 Å². The fraction of sp³-hybridized carbons (Fsp3) is 0.333. The van der Waals surface area contributed by atoms with Crippen LogP contribution in [0, 0.1) is 0 Å². The van der Waals surface area contributed by atoms with Crippen molar-refractivity contribution in [2.45, 2.75) is 63.1 Å². The average molecular weight is 558 g/mol. The topological polar surface area (TPSA) is 49.4 Å². The van der Waals surface area contributed by atoms with E-state index in [-0.39, 0.29) is 17.9 Å². The second-order valence-corrected chi connectivity index (χ2v) is 11.1. The van der Waals surface area contributed by atoms with Crippen molar-refractivity contribution in [1.29, 1.82) is 0 Å². The van der Waals surface area contributed by atoms with Crippen LogP contribution in [-0.4, -0.2) is 34.6 Å².